The molecular formula is C28H44N4O7. The van der Waals surface area contributed by atoms with E-state index in [4.69, 9.17) is 15.2 Å². The summed E-state index contributed by atoms with van der Waals surface area (Å²) in [7, 11) is 0. The van der Waals surface area contributed by atoms with Crippen LogP contribution >= 0.6 is 0 Å². The predicted molar refractivity (Wildman–Crippen MR) is 146 cm³/mol. The van der Waals surface area contributed by atoms with E-state index in [0.717, 1.165) is 5.56 Å². The Balaban J connectivity index is 2.82. The topological polar surface area (TPSA) is 166 Å². The second kappa shape index (κ2) is 15.7. The third-order valence-corrected chi connectivity index (χ3v) is 5.95. The molecule has 0 aliphatic rings. The number of carbonyl (C=O) groups is 5. The van der Waals surface area contributed by atoms with E-state index >= 15 is 0 Å². The molecule has 5 N–H and O–H groups in total. The van der Waals surface area contributed by atoms with Crippen molar-refractivity contribution in [3.8, 4) is 0 Å². The van der Waals surface area contributed by atoms with E-state index in [1.807, 2.05) is 37.3 Å². The summed E-state index contributed by atoms with van der Waals surface area (Å²) in [5, 5.41) is 7.81. The molecule has 0 spiro atoms. The minimum absolute atomic E-state index is 0.0663. The predicted octanol–water partition coefficient (Wildman–Crippen LogP) is 2.56. The third-order valence-electron chi connectivity index (χ3n) is 5.95. The fraction of sp³-hybridized carbons (Fsp3) is 0.607. The molecule has 0 fully saturated rings. The fourth-order valence-corrected chi connectivity index (χ4v) is 3.53. The summed E-state index contributed by atoms with van der Waals surface area (Å²) in [5.41, 5.74) is 5.54. The highest BCUT2D eigenvalue weighted by atomic mass is 16.6. The van der Waals surface area contributed by atoms with Crippen LogP contribution in [-0.2, 0) is 35.3 Å². The average molecular weight is 549 g/mol. The van der Waals surface area contributed by atoms with Crippen molar-refractivity contribution in [2.45, 2.75) is 98.1 Å². The van der Waals surface area contributed by atoms with Crippen molar-refractivity contribution in [2.24, 2.45) is 17.6 Å². The van der Waals surface area contributed by atoms with E-state index < -0.39 is 53.5 Å². The summed E-state index contributed by atoms with van der Waals surface area (Å²) in [6.07, 6.45) is -0.379. The number of esters is 1. The minimum atomic E-state index is -1.15. The van der Waals surface area contributed by atoms with Gasteiger partial charge in [-0.1, -0.05) is 64.4 Å². The molecule has 0 radical (unpaired) electrons. The van der Waals surface area contributed by atoms with Gasteiger partial charge in [-0.2, -0.15) is 0 Å². The zero-order valence-electron chi connectivity index (χ0n) is 24.0. The van der Waals surface area contributed by atoms with Gasteiger partial charge in [0.1, 0.15) is 30.3 Å². The normalized spacial score (nSPS) is 14.4. The summed E-state index contributed by atoms with van der Waals surface area (Å²) >= 11 is 0. The SMILES string of the molecule is CC[C@@H](C)[C@H](NC(=O)OC(C)(C)C)C(=O)N[C@H](C(=O)N[C@@H](CCC(=O)OCc1ccccc1)C(N)=O)C(C)C. The molecule has 1 aromatic carbocycles. The van der Waals surface area contributed by atoms with Crippen molar-refractivity contribution >= 4 is 29.8 Å². The number of carbonyl (C=O) groups excluding carboxylic acids is 5. The van der Waals surface area contributed by atoms with E-state index in [2.05, 4.69) is 16.0 Å². The Morgan fingerprint density at radius 1 is 0.897 bits per heavy atom. The first kappa shape index (κ1) is 33.4. The van der Waals surface area contributed by atoms with E-state index in [1.54, 1.807) is 41.5 Å². The Labute approximate surface area is 230 Å². The molecule has 1 aromatic rings. The molecule has 0 saturated carbocycles. The van der Waals surface area contributed by atoms with Crippen LogP contribution in [0.2, 0.25) is 0 Å². The highest BCUT2D eigenvalue weighted by molar-refractivity contribution is 5.94. The number of ether oxygens (including phenoxy) is 2. The first-order valence-corrected chi connectivity index (χ1v) is 13.2. The van der Waals surface area contributed by atoms with Gasteiger partial charge in [0.25, 0.3) is 0 Å². The molecule has 0 unspecified atom stereocenters. The Hall–Kier alpha value is -3.63. The molecule has 1 rings (SSSR count). The smallest absolute Gasteiger partial charge is 0.408 e. The largest absolute Gasteiger partial charge is 0.461 e. The van der Waals surface area contributed by atoms with Crippen molar-refractivity contribution in [1.82, 2.24) is 16.0 Å². The van der Waals surface area contributed by atoms with E-state index in [1.165, 1.54) is 0 Å². The van der Waals surface area contributed by atoms with Gasteiger partial charge >= 0.3 is 12.1 Å². The van der Waals surface area contributed by atoms with E-state index in [0.29, 0.717) is 6.42 Å². The lowest BCUT2D eigenvalue weighted by molar-refractivity contribution is -0.145. The molecule has 0 aliphatic carbocycles. The molecule has 39 heavy (non-hydrogen) atoms. The highest BCUT2D eigenvalue weighted by Gasteiger charge is 2.33. The minimum Gasteiger partial charge on any atom is -0.461 e. The number of hydrogen-bond acceptors (Lipinski definition) is 7. The Morgan fingerprint density at radius 3 is 2.00 bits per heavy atom. The van der Waals surface area contributed by atoms with Crippen LogP contribution in [0.5, 0.6) is 0 Å². The number of primary amides is 1. The van der Waals surface area contributed by atoms with Gasteiger partial charge < -0.3 is 31.2 Å². The van der Waals surface area contributed by atoms with Crippen molar-refractivity contribution in [3.63, 3.8) is 0 Å². The molecular weight excluding hydrogens is 504 g/mol. The number of nitrogens with one attached hydrogen (secondary N) is 3. The second-order valence-corrected chi connectivity index (χ2v) is 10.9. The molecule has 11 nitrogen and oxygen atoms in total. The second-order valence-electron chi connectivity index (χ2n) is 10.9. The molecule has 0 bridgehead atoms. The number of nitrogens with two attached hydrogens (primary N) is 1. The van der Waals surface area contributed by atoms with E-state index in [9.17, 15) is 24.0 Å². The highest BCUT2D eigenvalue weighted by Crippen LogP contribution is 2.13. The standard InChI is InChI=1S/C28H44N4O7/c1-8-18(4)23(32-27(37)39-28(5,6)7)26(36)31-22(17(2)3)25(35)30-20(24(29)34)14-15-21(33)38-16-19-12-10-9-11-13-19/h9-13,17-18,20,22-23H,8,14-16H2,1-7H3,(H2,29,34)(H,30,35)(H,31,36)(H,32,37)/t18-,20+,22+,23+/m1/s1. The van der Waals surface area contributed by atoms with Crippen LogP contribution in [0.15, 0.2) is 30.3 Å². The first-order chi connectivity index (χ1) is 18.1. The Kier molecular flexibility index (Phi) is 13.4. The molecule has 218 valence electrons. The summed E-state index contributed by atoms with van der Waals surface area (Å²) in [6.45, 7) is 12.3. The molecule has 11 heteroatoms. The Morgan fingerprint density at radius 2 is 1.49 bits per heavy atom. The molecule has 0 aromatic heterocycles. The number of alkyl carbamates (subject to hydrolysis) is 1. The summed E-state index contributed by atoms with van der Waals surface area (Å²) in [5.74, 6) is -3.19. The summed E-state index contributed by atoms with van der Waals surface area (Å²) in [6, 6.07) is 5.99. The lowest BCUT2D eigenvalue weighted by Gasteiger charge is -2.29. The van der Waals surface area contributed by atoms with Crippen LogP contribution in [0.25, 0.3) is 0 Å². The van der Waals surface area contributed by atoms with Crippen molar-refractivity contribution in [1.29, 1.82) is 0 Å². The molecule has 0 heterocycles. The van der Waals surface area contributed by atoms with Gasteiger partial charge in [0.2, 0.25) is 17.7 Å². The maximum atomic E-state index is 13.2. The lowest BCUT2D eigenvalue weighted by Crippen LogP contribution is -2.59. The van der Waals surface area contributed by atoms with Gasteiger partial charge in [-0.25, -0.2) is 4.79 Å². The van der Waals surface area contributed by atoms with Gasteiger partial charge in [-0.3, -0.25) is 19.2 Å². The summed E-state index contributed by atoms with van der Waals surface area (Å²) in [4.78, 5) is 62.8. The van der Waals surface area contributed by atoms with Gasteiger partial charge in [0.15, 0.2) is 0 Å². The quantitative estimate of drug-likeness (QED) is 0.259. The molecule has 0 aliphatic heterocycles. The van der Waals surface area contributed by atoms with Crippen molar-refractivity contribution in [3.05, 3.63) is 35.9 Å². The third kappa shape index (κ3) is 12.6. The van der Waals surface area contributed by atoms with Crippen LogP contribution in [0.3, 0.4) is 0 Å². The van der Waals surface area contributed by atoms with Gasteiger partial charge in [0.05, 0.1) is 0 Å². The van der Waals surface area contributed by atoms with Crippen LogP contribution in [-0.4, -0.2) is 53.5 Å². The number of hydrogen-bond donors (Lipinski definition) is 4. The summed E-state index contributed by atoms with van der Waals surface area (Å²) < 4.78 is 10.5. The number of amides is 4. The fourth-order valence-electron chi connectivity index (χ4n) is 3.53. The molecule has 4 amide bonds. The monoisotopic (exact) mass is 548 g/mol. The van der Waals surface area contributed by atoms with Crippen LogP contribution in [0.4, 0.5) is 4.79 Å². The Bertz CT molecular complexity index is 976. The van der Waals surface area contributed by atoms with Crippen LogP contribution < -0.4 is 21.7 Å². The maximum Gasteiger partial charge on any atom is 0.408 e. The van der Waals surface area contributed by atoms with Crippen molar-refractivity contribution in [2.75, 3.05) is 0 Å². The molecule has 0 saturated heterocycles. The first-order valence-electron chi connectivity index (χ1n) is 13.2. The zero-order valence-corrected chi connectivity index (χ0v) is 24.0. The zero-order chi connectivity index (χ0) is 29.8. The van der Waals surface area contributed by atoms with Gasteiger partial charge in [0, 0.05) is 6.42 Å². The van der Waals surface area contributed by atoms with Gasteiger partial charge in [-0.05, 0) is 44.6 Å². The van der Waals surface area contributed by atoms with E-state index in [-0.39, 0.29) is 31.3 Å². The average Bonchev–Trinajstić information content (AvgIpc) is 2.85. The van der Waals surface area contributed by atoms with Gasteiger partial charge in [-0.15, -0.1) is 0 Å². The maximum absolute atomic E-state index is 13.2. The number of rotatable bonds is 14. The van der Waals surface area contributed by atoms with Crippen molar-refractivity contribution < 1.29 is 33.4 Å². The van der Waals surface area contributed by atoms with Crippen LogP contribution in [0.1, 0.15) is 73.3 Å². The number of benzene rings is 1. The van der Waals surface area contributed by atoms with Crippen LogP contribution in [0, 0.1) is 11.8 Å². The lowest BCUT2D eigenvalue weighted by atomic mass is 9.96. The molecule has 4 atom stereocenters.